The number of carbonyl (C=O) groups is 2. The molecule has 1 unspecified atom stereocenters. The topological polar surface area (TPSA) is 70.7 Å². The van der Waals surface area contributed by atoms with Gasteiger partial charge in [0.2, 0.25) is 5.91 Å². The largest absolute Gasteiger partial charge is 0.497 e. The molecule has 6 nitrogen and oxygen atoms in total. The molecule has 4 aliphatic rings. The van der Waals surface area contributed by atoms with Gasteiger partial charge in [-0.1, -0.05) is 12.1 Å². The summed E-state index contributed by atoms with van der Waals surface area (Å²) in [5.74, 6) is 2.82. The molecule has 0 radical (unpaired) electrons. The van der Waals surface area contributed by atoms with Crippen LogP contribution in [-0.4, -0.2) is 42.6 Å². The fourth-order valence-corrected chi connectivity index (χ4v) is 6.11. The number of methoxy groups -OCH3 is 1. The third kappa shape index (κ3) is 4.42. The number of benzene rings is 1. The number of rotatable bonds is 6. The fraction of sp³-hybridized carbons (Fsp3) is 0.652. The van der Waals surface area contributed by atoms with Crippen molar-refractivity contribution in [3.63, 3.8) is 0 Å². The highest BCUT2D eigenvalue weighted by Crippen LogP contribution is 2.55. The number of ether oxygens (including phenoxy) is 1. The average molecular weight is 400 g/mol. The van der Waals surface area contributed by atoms with Gasteiger partial charge in [-0.3, -0.25) is 15.0 Å². The Morgan fingerprint density at radius 2 is 1.66 bits per heavy atom. The Morgan fingerprint density at radius 1 is 1.10 bits per heavy atom. The molecule has 4 aliphatic carbocycles. The van der Waals surface area contributed by atoms with Crippen molar-refractivity contribution in [1.82, 2.24) is 15.5 Å². The van der Waals surface area contributed by atoms with Crippen molar-refractivity contribution in [2.24, 2.45) is 17.8 Å². The summed E-state index contributed by atoms with van der Waals surface area (Å²) >= 11 is 0. The van der Waals surface area contributed by atoms with E-state index in [1.165, 1.54) is 19.3 Å². The minimum absolute atomic E-state index is 0.0860. The lowest BCUT2D eigenvalue weighted by Gasteiger charge is -2.56. The summed E-state index contributed by atoms with van der Waals surface area (Å²) in [6.07, 6.45) is 7.21. The molecule has 5 rings (SSSR count). The van der Waals surface area contributed by atoms with Crippen LogP contribution in [0.15, 0.2) is 24.3 Å². The summed E-state index contributed by atoms with van der Waals surface area (Å²) in [6, 6.07) is 7.06. The molecular weight excluding hydrogens is 366 g/mol. The second-order valence-electron chi connectivity index (χ2n) is 9.58. The molecule has 1 atom stereocenters. The summed E-state index contributed by atoms with van der Waals surface area (Å²) in [4.78, 5) is 27.2. The van der Waals surface area contributed by atoms with E-state index in [1.807, 2.05) is 43.1 Å². The Hall–Kier alpha value is -2.08. The molecule has 3 amide bonds. The quantitative estimate of drug-likeness (QED) is 0.770. The minimum atomic E-state index is -0.404. The zero-order valence-corrected chi connectivity index (χ0v) is 17.7. The van der Waals surface area contributed by atoms with Gasteiger partial charge in [-0.25, -0.2) is 4.79 Å². The van der Waals surface area contributed by atoms with Gasteiger partial charge in [0.25, 0.3) is 0 Å². The van der Waals surface area contributed by atoms with Crippen LogP contribution in [0.25, 0.3) is 0 Å². The second kappa shape index (κ2) is 7.98. The fourth-order valence-electron chi connectivity index (χ4n) is 6.11. The van der Waals surface area contributed by atoms with Gasteiger partial charge in [-0.15, -0.1) is 0 Å². The standard InChI is InChI=1S/C23H33N3O3/c1-15(26(2)14-16-4-6-20(29-3)7-5-16)21(27)24-22(28)25-23-11-17-8-18(12-23)10-19(9-17)13-23/h4-7,15,17-19H,8-14H2,1-3H3,(H2,24,25,27,28). The van der Waals surface area contributed by atoms with Crippen LogP contribution in [0.3, 0.4) is 0 Å². The van der Waals surface area contributed by atoms with Crippen molar-refractivity contribution in [2.75, 3.05) is 14.2 Å². The molecule has 4 fully saturated rings. The lowest BCUT2D eigenvalue weighted by Crippen LogP contribution is -2.62. The Morgan fingerprint density at radius 3 is 2.17 bits per heavy atom. The van der Waals surface area contributed by atoms with Crippen LogP contribution < -0.4 is 15.4 Å². The first-order valence-electron chi connectivity index (χ1n) is 10.8. The van der Waals surface area contributed by atoms with Crippen molar-refractivity contribution in [3.8, 4) is 5.75 Å². The number of likely N-dealkylation sites (N-methyl/N-ethyl adjacent to an activating group) is 1. The zero-order valence-electron chi connectivity index (χ0n) is 17.7. The highest BCUT2D eigenvalue weighted by Gasteiger charge is 2.51. The van der Waals surface area contributed by atoms with E-state index in [-0.39, 0.29) is 17.5 Å². The molecule has 0 saturated heterocycles. The van der Waals surface area contributed by atoms with Crippen LogP contribution >= 0.6 is 0 Å². The summed E-state index contributed by atoms with van der Waals surface area (Å²) in [7, 11) is 3.54. The normalized spacial score (nSPS) is 30.8. The van der Waals surface area contributed by atoms with Crippen LogP contribution in [0.5, 0.6) is 5.75 Å². The van der Waals surface area contributed by atoms with Gasteiger partial charge in [-0.05, 0) is 87.9 Å². The maximum absolute atomic E-state index is 12.6. The Balaban J connectivity index is 1.29. The second-order valence-corrected chi connectivity index (χ2v) is 9.58. The molecule has 0 heterocycles. The molecule has 0 spiro atoms. The van der Waals surface area contributed by atoms with Gasteiger partial charge in [-0.2, -0.15) is 0 Å². The van der Waals surface area contributed by atoms with E-state index in [2.05, 4.69) is 10.6 Å². The molecule has 2 N–H and O–H groups in total. The van der Waals surface area contributed by atoms with Crippen molar-refractivity contribution < 1.29 is 14.3 Å². The first-order valence-corrected chi connectivity index (χ1v) is 10.8. The van der Waals surface area contributed by atoms with Gasteiger partial charge in [0.05, 0.1) is 13.2 Å². The number of urea groups is 1. The Bertz CT molecular complexity index is 726. The molecule has 1 aromatic carbocycles. The van der Waals surface area contributed by atoms with Gasteiger partial charge in [0, 0.05) is 12.1 Å². The van der Waals surface area contributed by atoms with E-state index in [9.17, 15) is 9.59 Å². The molecule has 1 aromatic rings. The molecule has 0 aliphatic heterocycles. The minimum Gasteiger partial charge on any atom is -0.497 e. The van der Waals surface area contributed by atoms with Crippen molar-refractivity contribution >= 4 is 11.9 Å². The predicted molar refractivity (Wildman–Crippen MR) is 112 cm³/mol. The van der Waals surface area contributed by atoms with Gasteiger partial charge in [0.1, 0.15) is 5.75 Å². The van der Waals surface area contributed by atoms with Gasteiger partial charge >= 0.3 is 6.03 Å². The number of nitrogens with one attached hydrogen (secondary N) is 2. The molecule has 158 valence electrons. The highest BCUT2D eigenvalue weighted by molar-refractivity contribution is 5.97. The number of amides is 3. The molecule has 6 heteroatoms. The highest BCUT2D eigenvalue weighted by atomic mass is 16.5. The molecule has 0 aromatic heterocycles. The molecular formula is C23H33N3O3. The third-order valence-corrected chi connectivity index (χ3v) is 7.29. The Labute approximate surface area is 173 Å². The third-order valence-electron chi connectivity index (χ3n) is 7.29. The van der Waals surface area contributed by atoms with Gasteiger partial charge < -0.3 is 10.1 Å². The van der Waals surface area contributed by atoms with Crippen molar-refractivity contribution in [2.45, 2.75) is 63.6 Å². The summed E-state index contributed by atoms with van der Waals surface area (Å²) in [6.45, 7) is 2.45. The SMILES string of the molecule is COc1ccc(CN(C)C(C)C(=O)NC(=O)NC23CC4CC(CC(C4)C2)C3)cc1. The molecule has 4 bridgehead atoms. The van der Waals surface area contributed by atoms with E-state index in [1.54, 1.807) is 7.11 Å². The average Bonchev–Trinajstić information content (AvgIpc) is 2.66. The zero-order chi connectivity index (χ0) is 20.6. The number of nitrogens with zero attached hydrogens (tertiary/aromatic N) is 1. The van der Waals surface area contributed by atoms with E-state index in [0.717, 1.165) is 48.3 Å². The van der Waals surface area contributed by atoms with Crippen LogP contribution in [0.2, 0.25) is 0 Å². The van der Waals surface area contributed by atoms with Crippen molar-refractivity contribution in [3.05, 3.63) is 29.8 Å². The van der Waals surface area contributed by atoms with Crippen LogP contribution in [0, 0.1) is 17.8 Å². The van der Waals surface area contributed by atoms with E-state index in [0.29, 0.717) is 6.54 Å². The maximum atomic E-state index is 12.6. The summed E-state index contributed by atoms with van der Waals surface area (Å²) < 4.78 is 5.18. The van der Waals surface area contributed by atoms with Crippen molar-refractivity contribution in [1.29, 1.82) is 0 Å². The van der Waals surface area contributed by atoms with Gasteiger partial charge in [0.15, 0.2) is 0 Å². The number of imide groups is 1. The van der Waals surface area contributed by atoms with E-state index in [4.69, 9.17) is 4.74 Å². The smallest absolute Gasteiger partial charge is 0.321 e. The monoisotopic (exact) mass is 399 g/mol. The number of carbonyl (C=O) groups excluding carboxylic acids is 2. The molecule has 29 heavy (non-hydrogen) atoms. The van der Waals surface area contributed by atoms with Crippen LogP contribution in [-0.2, 0) is 11.3 Å². The Kier molecular flexibility index (Phi) is 5.56. The lowest BCUT2D eigenvalue weighted by atomic mass is 9.53. The first kappa shape index (κ1) is 20.2. The first-order chi connectivity index (χ1) is 13.9. The number of hydrogen-bond donors (Lipinski definition) is 2. The van der Waals surface area contributed by atoms with E-state index >= 15 is 0 Å². The number of hydrogen-bond acceptors (Lipinski definition) is 4. The summed E-state index contributed by atoms with van der Waals surface area (Å²) in [5.41, 5.74) is 1.00. The summed E-state index contributed by atoms with van der Waals surface area (Å²) in [5, 5.41) is 5.80. The maximum Gasteiger partial charge on any atom is 0.321 e. The lowest BCUT2D eigenvalue weighted by molar-refractivity contribution is -0.124. The van der Waals surface area contributed by atoms with Crippen LogP contribution in [0.4, 0.5) is 4.79 Å². The van der Waals surface area contributed by atoms with E-state index < -0.39 is 6.04 Å². The van der Waals surface area contributed by atoms with Crippen LogP contribution in [0.1, 0.15) is 51.0 Å². The molecule has 4 saturated carbocycles. The predicted octanol–water partition coefficient (Wildman–Crippen LogP) is 3.31.